The number of rotatable bonds is 3. The van der Waals surface area contributed by atoms with Crippen LogP contribution in [0.25, 0.3) is 0 Å². The van der Waals surface area contributed by atoms with Crippen LogP contribution in [0.5, 0.6) is 0 Å². The standard InChI is InChI=1S/C15H18O8/c1-6(2)12(17)23-11-10(16)8-7(13(18)21-4)5-22-14(19)9(8)15(11,3)20/h6,9,11,20H,5H2,1-4H3/t9-,11+,15-/m1/s1. The van der Waals surface area contributed by atoms with Crippen molar-refractivity contribution in [2.75, 3.05) is 13.7 Å². The molecule has 1 N–H and O–H groups in total. The second-order valence-electron chi connectivity index (χ2n) is 5.99. The summed E-state index contributed by atoms with van der Waals surface area (Å²) in [6.07, 6.45) is -1.58. The summed E-state index contributed by atoms with van der Waals surface area (Å²) in [5.41, 5.74) is -2.36. The minimum absolute atomic E-state index is 0.148. The van der Waals surface area contributed by atoms with Crippen LogP contribution in [-0.2, 0) is 33.4 Å². The number of methoxy groups -OCH3 is 1. The smallest absolute Gasteiger partial charge is 0.337 e. The van der Waals surface area contributed by atoms with Gasteiger partial charge in [-0.25, -0.2) is 4.79 Å². The summed E-state index contributed by atoms with van der Waals surface area (Å²) in [4.78, 5) is 48.2. The minimum Gasteiger partial charge on any atom is -0.466 e. The van der Waals surface area contributed by atoms with Crippen molar-refractivity contribution in [3.05, 3.63) is 11.1 Å². The molecule has 8 heteroatoms. The van der Waals surface area contributed by atoms with Crippen LogP contribution in [0.1, 0.15) is 20.8 Å². The molecule has 1 fully saturated rings. The molecule has 2 aliphatic rings. The summed E-state index contributed by atoms with van der Waals surface area (Å²) in [6.45, 7) is 3.90. The molecule has 0 unspecified atom stereocenters. The van der Waals surface area contributed by atoms with Crippen LogP contribution in [0.2, 0.25) is 0 Å². The Morgan fingerprint density at radius 2 is 1.96 bits per heavy atom. The SMILES string of the molecule is COC(=O)C1=C2C(=O)[C@H](OC(=O)C(C)C)[C@](C)(O)[C@H]2C(=O)OC1. The van der Waals surface area contributed by atoms with Crippen LogP contribution in [0, 0.1) is 11.8 Å². The molecule has 0 spiro atoms. The highest BCUT2D eigenvalue weighted by Crippen LogP contribution is 2.44. The van der Waals surface area contributed by atoms with Crippen LogP contribution >= 0.6 is 0 Å². The predicted molar refractivity (Wildman–Crippen MR) is 73.8 cm³/mol. The average molecular weight is 326 g/mol. The fourth-order valence-corrected chi connectivity index (χ4v) is 2.69. The number of ketones is 1. The molecule has 1 aliphatic carbocycles. The Balaban J connectivity index is 2.52. The van der Waals surface area contributed by atoms with Crippen molar-refractivity contribution in [1.82, 2.24) is 0 Å². The van der Waals surface area contributed by atoms with E-state index in [9.17, 15) is 24.3 Å². The molecule has 0 amide bonds. The fourth-order valence-electron chi connectivity index (χ4n) is 2.69. The molecule has 0 radical (unpaired) electrons. The van der Waals surface area contributed by atoms with Crippen LogP contribution in [-0.4, -0.2) is 54.2 Å². The molecule has 0 aromatic rings. The lowest BCUT2D eigenvalue weighted by atomic mass is 9.86. The zero-order valence-electron chi connectivity index (χ0n) is 13.2. The fraction of sp³-hybridized carbons (Fsp3) is 0.600. The van der Waals surface area contributed by atoms with E-state index in [1.165, 1.54) is 6.92 Å². The molecule has 1 saturated carbocycles. The van der Waals surface area contributed by atoms with Gasteiger partial charge in [0.2, 0.25) is 5.78 Å². The van der Waals surface area contributed by atoms with Crippen LogP contribution in [0.4, 0.5) is 0 Å². The Morgan fingerprint density at radius 1 is 1.35 bits per heavy atom. The van der Waals surface area contributed by atoms with Crippen molar-refractivity contribution in [2.45, 2.75) is 32.5 Å². The molecule has 0 aromatic heterocycles. The number of ether oxygens (including phenoxy) is 3. The first kappa shape index (κ1) is 17.1. The van der Waals surface area contributed by atoms with Crippen molar-refractivity contribution in [2.24, 2.45) is 11.8 Å². The molecule has 126 valence electrons. The topological polar surface area (TPSA) is 116 Å². The van der Waals surface area contributed by atoms with Crippen molar-refractivity contribution in [3.63, 3.8) is 0 Å². The van der Waals surface area contributed by atoms with Gasteiger partial charge in [-0.3, -0.25) is 14.4 Å². The normalized spacial score (nSPS) is 30.2. The second-order valence-corrected chi connectivity index (χ2v) is 5.99. The third kappa shape index (κ3) is 2.63. The van der Waals surface area contributed by atoms with E-state index < -0.39 is 53.8 Å². The van der Waals surface area contributed by atoms with E-state index in [4.69, 9.17) is 9.47 Å². The van der Waals surface area contributed by atoms with Crippen LogP contribution in [0.3, 0.4) is 0 Å². The lowest BCUT2D eigenvalue weighted by Crippen LogP contribution is -2.48. The zero-order chi connectivity index (χ0) is 17.5. The highest BCUT2D eigenvalue weighted by atomic mass is 16.6. The van der Waals surface area contributed by atoms with E-state index in [0.717, 1.165) is 7.11 Å². The van der Waals surface area contributed by atoms with Crippen molar-refractivity contribution < 1.29 is 38.5 Å². The maximum atomic E-state index is 12.6. The highest BCUT2D eigenvalue weighted by molar-refractivity contribution is 6.14. The lowest BCUT2D eigenvalue weighted by Gasteiger charge is -2.30. The van der Waals surface area contributed by atoms with Crippen molar-refractivity contribution in [3.8, 4) is 0 Å². The van der Waals surface area contributed by atoms with Crippen LogP contribution in [0.15, 0.2) is 11.1 Å². The Labute approximate surface area is 132 Å². The molecule has 23 heavy (non-hydrogen) atoms. The van der Waals surface area contributed by atoms with Gasteiger partial charge in [0.15, 0.2) is 6.10 Å². The number of carbonyl (C=O) groups is 4. The average Bonchev–Trinajstić information content (AvgIpc) is 2.68. The van der Waals surface area contributed by atoms with Gasteiger partial charge in [-0.2, -0.15) is 0 Å². The van der Waals surface area contributed by atoms with Gasteiger partial charge < -0.3 is 19.3 Å². The van der Waals surface area contributed by atoms with Gasteiger partial charge in [0, 0.05) is 5.57 Å². The first-order chi connectivity index (χ1) is 10.6. The number of carbonyl (C=O) groups excluding carboxylic acids is 4. The van der Waals surface area contributed by atoms with E-state index in [-0.39, 0.29) is 11.1 Å². The molecule has 0 aromatic carbocycles. The monoisotopic (exact) mass is 326 g/mol. The van der Waals surface area contributed by atoms with Gasteiger partial charge in [0.25, 0.3) is 0 Å². The molecule has 1 heterocycles. The first-order valence-corrected chi connectivity index (χ1v) is 7.08. The Kier molecular flexibility index (Phi) is 4.30. The van der Waals surface area contributed by atoms with Gasteiger partial charge in [-0.1, -0.05) is 13.8 Å². The third-order valence-corrected chi connectivity index (χ3v) is 3.96. The third-order valence-electron chi connectivity index (χ3n) is 3.96. The zero-order valence-corrected chi connectivity index (χ0v) is 13.2. The summed E-state index contributed by atoms with van der Waals surface area (Å²) in [7, 11) is 1.12. The predicted octanol–water partition coefficient (Wildman–Crippen LogP) is -0.470. The number of Topliss-reactive ketones (excluding diaryl/α,β-unsaturated/α-hetero) is 1. The molecule has 3 atom stereocenters. The maximum absolute atomic E-state index is 12.6. The van der Waals surface area contributed by atoms with Crippen molar-refractivity contribution in [1.29, 1.82) is 0 Å². The largest absolute Gasteiger partial charge is 0.466 e. The van der Waals surface area contributed by atoms with Gasteiger partial charge in [-0.05, 0) is 6.92 Å². The number of aliphatic hydroxyl groups is 1. The molecular formula is C15H18O8. The molecule has 0 saturated heterocycles. The van der Waals surface area contributed by atoms with E-state index in [1.54, 1.807) is 13.8 Å². The Bertz CT molecular complexity index is 613. The lowest BCUT2D eigenvalue weighted by molar-refractivity contribution is -0.175. The molecule has 8 nitrogen and oxygen atoms in total. The number of hydrogen-bond donors (Lipinski definition) is 1. The van der Waals surface area contributed by atoms with Gasteiger partial charge in [0.1, 0.15) is 18.1 Å². The summed E-state index contributed by atoms with van der Waals surface area (Å²) < 4.78 is 14.5. The quantitative estimate of drug-likeness (QED) is 0.546. The van der Waals surface area contributed by atoms with Crippen LogP contribution < -0.4 is 0 Å². The number of esters is 3. The summed E-state index contributed by atoms with van der Waals surface area (Å²) in [5, 5.41) is 10.6. The summed E-state index contributed by atoms with van der Waals surface area (Å²) in [5.74, 6) is -5.10. The maximum Gasteiger partial charge on any atom is 0.337 e. The van der Waals surface area contributed by atoms with Gasteiger partial charge >= 0.3 is 17.9 Å². The van der Waals surface area contributed by atoms with Crippen molar-refractivity contribution >= 4 is 23.7 Å². The highest BCUT2D eigenvalue weighted by Gasteiger charge is 2.62. The van der Waals surface area contributed by atoms with Gasteiger partial charge in [0.05, 0.1) is 18.6 Å². The Hall–Kier alpha value is -2.22. The Morgan fingerprint density at radius 3 is 2.48 bits per heavy atom. The number of cyclic esters (lactones) is 1. The van der Waals surface area contributed by atoms with E-state index in [0.29, 0.717) is 0 Å². The molecule has 1 aliphatic heterocycles. The van der Waals surface area contributed by atoms with E-state index >= 15 is 0 Å². The van der Waals surface area contributed by atoms with E-state index in [2.05, 4.69) is 4.74 Å². The molecular weight excluding hydrogens is 308 g/mol. The second kappa shape index (κ2) is 5.77. The number of fused-ring (bicyclic) bond motifs is 1. The van der Waals surface area contributed by atoms with Gasteiger partial charge in [-0.15, -0.1) is 0 Å². The first-order valence-electron chi connectivity index (χ1n) is 7.08. The summed E-state index contributed by atoms with van der Waals surface area (Å²) in [6, 6.07) is 0. The molecule has 2 rings (SSSR count). The summed E-state index contributed by atoms with van der Waals surface area (Å²) >= 11 is 0. The number of hydrogen-bond acceptors (Lipinski definition) is 8. The van der Waals surface area contributed by atoms with E-state index in [1.807, 2.05) is 0 Å². The minimum atomic E-state index is -2.01. The molecule has 0 bridgehead atoms.